The van der Waals surface area contributed by atoms with Crippen molar-refractivity contribution in [2.45, 2.75) is 51.1 Å². The molecule has 2 rings (SSSR count). The number of nitrogens with zero attached hydrogens (tertiary/aromatic N) is 1. The number of benzene rings is 1. The van der Waals surface area contributed by atoms with Crippen molar-refractivity contribution < 1.29 is 4.39 Å². The zero-order valence-electron chi connectivity index (χ0n) is 14.0. The third-order valence-electron chi connectivity index (χ3n) is 5.41. The van der Waals surface area contributed by atoms with E-state index in [4.69, 9.17) is 0 Å². The van der Waals surface area contributed by atoms with Gasteiger partial charge in [-0.3, -0.25) is 0 Å². The van der Waals surface area contributed by atoms with Gasteiger partial charge in [-0.2, -0.15) is 0 Å². The van der Waals surface area contributed by atoms with E-state index in [1.54, 1.807) is 12.1 Å². The van der Waals surface area contributed by atoms with E-state index >= 15 is 0 Å². The van der Waals surface area contributed by atoms with Crippen LogP contribution in [-0.2, 0) is 0 Å². The fraction of sp³-hybridized carbons (Fsp3) is 0.667. The summed E-state index contributed by atoms with van der Waals surface area (Å²) in [6.07, 6.45) is 4.79. The molecule has 0 aliphatic heterocycles. The van der Waals surface area contributed by atoms with Crippen LogP contribution in [0, 0.1) is 18.7 Å². The van der Waals surface area contributed by atoms with Gasteiger partial charge in [-0.1, -0.05) is 13.0 Å². The van der Waals surface area contributed by atoms with Gasteiger partial charge < -0.3 is 10.2 Å². The molecule has 2 nitrogen and oxygen atoms in total. The molecule has 0 radical (unpaired) electrons. The topological polar surface area (TPSA) is 15.3 Å². The van der Waals surface area contributed by atoms with Gasteiger partial charge in [0.25, 0.3) is 0 Å². The molecule has 1 fully saturated rings. The third kappa shape index (κ3) is 3.14. The molecule has 3 heteroatoms. The second kappa shape index (κ2) is 6.45. The van der Waals surface area contributed by atoms with Crippen molar-refractivity contribution in [3.05, 3.63) is 35.1 Å². The monoisotopic (exact) mass is 292 g/mol. The zero-order chi connectivity index (χ0) is 15.6. The van der Waals surface area contributed by atoms with E-state index in [-0.39, 0.29) is 17.4 Å². The van der Waals surface area contributed by atoms with Crippen molar-refractivity contribution in [3.8, 4) is 0 Å². The summed E-state index contributed by atoms with van der Waals surface area (Å²) < 4.78 is 13.8. The molecule has 1 saturated carbocycles. The maximum Gasteiger partial charge on any atom is 0.123 e. The number of hydrogen-bond acceptors (Lipinski definition) is 2. The molecule has 0 amide bonds. The Labute approximate surface area is 128 Å². The highest BCUT2D eigenvalue weighted by Gasteiger charge is 2.43. The summed E-state index contributed by atoms with van der Waals surface area (Å²) >= 11 is 0. The molecule has 1 N–H and O–H groups in total. The number of aryl methyl sites for hydroxylation is 1. The first kappa shape index (κ1) is 16.4. The molecule has 1 aromatic carbocycles. The van der Waals surface area contributed by atoms with E-state index in [0.717, 1.165) is 29.9 Å². The molecule has 0 spiro atoms. The lowest BCUT2D eigenvalue weighted by Crippen LogP contribution is -2.55. The van der Waals surface area contributed by atoms with E-state index in [0.29, 0.717) is 0 Å². The molecular formula is C18H29FN2. The molecule has 118 valence electrons. The molecule has 1 atom stereocenters. The highest BCUT2D eigenvalue weighted by molar-refractivity contribution is 5.32. The minimum Gasteiger partial charge on any atom is -0.311 e. The molecule has 0 bridgehead atoms. The Morgan fingerprint density at radius 3 is 2.43 bits per heavy atom. The van der Waals surface area contributed by atoms with Crippen LogP contribution in [0.1, 0.15) is 49.8 Å². The van der Waals surface area contributed by atoms with Gasteiger partial charge in [-0.05, 0) is 82.9 Å². The Morgan fingerprint density at radius 1 is 1.29 bits per heavy atom. The quantitative estimate of drug-likeness (QED) is 0.905. The third-order valence-corrected chi connectivity index (χ3v) is 5.41. The fourth-order valence-corrected chi connectivity index (χ4v) is 3.89. The number of rotatable bonds is 4. The first-order valence-electron chi connectivity index (χ1n) is 8.01. The summed E-state index contributed by atoms with van der Waals surface area (Å²) in [6.45, 7) is 4.41. The number of likely N-dealkylation sites (N-methyl/N-ethyl adjacent to an activating group) is 2. The first-order chi connectivity index (χ1) is 9.90. The molecule has 21 heavy (non-hydrogen) atoms. The average Bonchev–Trinajstić information content (AvgIpc) is 2.45. The Morgan fingerprint density at radius 2 is 1.90 bits per heavy atom. The van der Waals surface area contributed by atoms with Crippen LogP contribution in [0.2, 0.25) is 0 Å². The smallest absolute Gasteiger partial charge is 0.123 e. The molecule has 1 aliphatic rings. The highest BCUT2D eigenvalue weighted by atomic mass is 19.1. The Bertz CT molecular complexity index is 476. The molecule has 1 aliphatic carbocycles. The van der Waals surface area contributed by atoms with Crippen LogP contribution in [0.4, 0.5) is 4.39 Å². The van der Waals surface area contributed by atoms with E-state index in [9.17, 15) is 4.39 Å². The lowest BCUT2D eigenvalue weighted by molar-refractivity contribution is 0.0452. The number of nitrogens with one attached hydrogen (secondary N) is 1. The maximum absolute atomic E-state index is 13.8. The standard InChI is InChI=1S/C18H29FN2/c1-13-8-10-18(11-9-13,21(4)5)17(20-3)16-12-15(19)7-6-14(16)2/h6-7,12-13,17,20H,8-11H2,1-5H3. The summed E-state index contributed by atoms with van der Waals surface area (Å²) in [5.41, 5.74) is 2.33. The van der Waals surface area contributed by atoms with Gasteiger partial charge in [0.05, 0.1) is 6.04 Å². The average molecular weight is 292 g/mol. The van der Waals surface area contributed by atoms with E-state index in [1.165, 1.54) is 12.8 Å². The van der Waals surface area contributed by atoms with E-state index in [1.807, 2.05) is 13.1 Å². The minimum absolute atomic E-state index is 0.0693. The van der Waals surface area contributed by atoms with Gasteiger partial charge in [0.1, 0.15) is 5.82 Å². The first-order valence-corrected chi connectivity index (χ1v) is 8.01. The van der Waals surface area contributed by atoms with Gasteiger partial charge in [0, 0.05) is 5.54 Å². The van der Waals surface area contributed by atoms with Gasteiger partial charge in [0.15, 0.2) is 0 Å². The molecule has 0 saturated heterocycles. The Balaban J connectivity index is 2.43. The van der Waals surface area contributed by atoms with Crippen molar-refractivity contribution in [2.75, 3.05) is 21.1 Å². The summed E-state index contributed by atoms with van der Waals surface area (Å²) in [5.74, 6) is 0.651. The zero-order valence-corrected chi connectivity index (χ0v) is 14.0. The normalized spacial score (nSPS) is 27.9. The predicted octanol–water partition coefficient (Wildman–Crippen LogP) is 3.91. The second-order valence-corrected chi connectivity index (χ2v) is 6.90. The molecule has 1 unspecified atom stereocenters. The highest BCUT2D eigenvalue weighted by Crippen LogP contribution is 2.44. The number of hydrogen-bond donors (Lipinski definition) is 1. The van der Waals surface area contributed by atoms with Gasteiger partial charge >= 0.3 is 0 Å². The second-order valence-electron chi connectivity index (χ2n) is 6.90. The lowest BCUT2D eigenvalue weighted by Gasteiger charge is -2.50. The largest absolute Gasteiger partial charge is 0.311 e. The minimum atomic E-state index is -0.145. The lowest BCUT2D eigenvalue weighted by atomic mass is 9.70. The van der Waals surface area contributed by atoms with Gasteiger partial charge in [0.2, 0.25) is 0 Å². The van der Waals surface area contributed by atoms with Crippen LogP contribution < -0.4 is 5.32 Å². The summed E-state index contributed by atoms with van der Waals surface area (Å²) in [5, 5.41) is 3.48. The summed E-state index contributed by atoms with van der Waals surface area (Å²) in [7, 11) is 6.32. The molecule has 0 aromatic heterocycles. The van der Waals surface area contributed by atoms with Crippen LogP contribution in [0.3, 0.4) is 0 Å². The van der Waals surface area contributed by atoms with Crippen molar-refractivity contribution in [1.29, 1.82) is 0 Å². The molecule has 1 aromatic rings. The van der Waals surface area contributed by atoms with Crippen molar-refractivity contribution in [1.82, 2.24) is 10.2 Å². The Kier molecular flexibility index (Phi) is 5.05. The summed E-state index contributed by atoms with van der Waals surface area (Å²) in [4.78, 5) is 2.35. The van der Waals surface area contributed by atoms with E-state index < -0.39 is 0 Å². The predicted molar refractivity (Wildman–Crippen MR) is 87.0 cm³/mol. The van der Waals surface area contributed by atoms with Gasteiger partial charge in [-0.15, -0.1) is 0 Å². The SMILES string of the molecule is CNC(c1cc(F)ccc1C)C1(N(C)C)CCC(C)CC1. The van der Waals surface area contributed by atoms with Crippen molar-refractivity contribution in [3.63, 3.8) is 0 Å². The van der Waals surface area contributed by atoms with Crippen LogP contribution >= 0.6 is 0 Å². The van der Waals surface area contributed by atoms with Crippen molar-refractivity contribution >= 4 is 0 Å². The summed E-state index contributed by atoms with van der Waals surface area (Å²) in [6, 6.07) is 5.32. The van der Waals surface area contributed by atoms with Crippen LogP contribution in [0.15, 0.2) is 18.2 Å². The van der Waals surface area contributed by atoms with E-state index in [2.05, 4.69) is 38.2 Å². The molecule has 0 heterocycles. The maximum atomic E-state index is 13.8. The Hall–Kier alpha value is -0.930. The van der Waals surface area contributed by atoms with Crippen LogP contribution in [-0.4, -0.2) is 31.6 Å². The van der Waals surface area contributed by atoms with Gasteiger partial charge in [-0.25, -0.2) is 4.39 Å². The van der Waals surface area contributed by atoms with Crippen molar-refractivity contribution in [2.24, 2.45) is 5.92 Å². The van der Waals surface area contributed by atoms with Crippen LogP contribution in [0.25, 0.3) is 0 Å². The fourth-order valence-electron chi connectivity index (χ4n) is 3.89. The number of halogens is 1. The van der Waals surface area contributed by atoms with Crippen LogP contribution in [0.5, 0.6) is 0 Å². The molecular weight excluding hydrogens is 263 g/mol.